The highest BCUT2D eigenvalue weighted by Crippen LogP contribution is 2.23. The lowest BCUT2D eigenvalue weighted by molar-refractivity contribution is 0.0567. The van der Waals surface area contributed by atoms with Crippen LogP contribution < -0.4 is 0 Å². The number of rotatable bonds is 9. The number of piperidine rings is 1. The van der Waals surface area contributed by atoms with Crippen molar-refractivity contribution >= 4 is 11.3 Å². The van der Waals surface area contributed by atoms with Crippen molar-refractivity contribution in [3.63, 3.8) is 0 Å². The first-order valence-corrected chi connectivity index (χ1v) is 12.5. The summed E-state index contributed by atoms with van der Waals surface area (Å²) < 4.78 is 0. The van der Waals surface area contributed by atoms with Gasteiger partial charge in [0.05, 0.1) is 0 Å². The Morgan fingerprint density at radius 2 is 1.57 bits per heavy atom. The smallest absolute Gasteiger partial charge is 0.0446 e. The van der Waals surface area contributed by atoms with Crippen molar-refractivity contribution in [2.24, 2.45) is 0 Å². The van der Waals surface area contributed by atoms with E-state index in [1.807, 2.05) is 11.3 Å². The molecule has 3 heterocycles. The molecule has 2 aromatic rings. The fourth-order valence-corrected chi connectivity index (χ4v) is 5.99. The Kier molecular flexibility index (Phi) is 8.35. The Bertz CT molecular complexity index is 744. The third kappa shape index (κ3) is 6.38. The standard InChI is InChI=1S/C25H37N3OS/c29-18-12-23-19-27(16-17-28(23)15-11-22-7-3-1-4-8-22)21-25-10-9-24(30-25)20-26-13-5-2-6-14-26/h1,3-4,7-10,23,29H,2,5-6,11-21H2. The van der Waals surface area contributed by atoms with E-state index >= 15 is 0 Å². The van der Waals surface area contributed by atoms with E-state index in [0.29, 0.717) is 6.04 Å². The second kappa shape index (κ2) is 11.4. The molecule has 1 aromatic heterocycles. The van der Waals surface area contributed by atoms with E-state index in [4.69, 9.17) is 0 Å². The number of aliphatic hydroxyl groups excluding tert-OH is 1. The van der Waals surface area contributed by atoms with E-state index < -0.39 is 0 Å². The van der Waals surface area contributed by atoms with Gasteiger partial charge in [-0.1, -0.05) is 36.8 Å². The van der Waals surface area contributed by atoms with Crippen molar-refractivity contribution in [2.45, 2.75) is 51.2 Å². The molecule has 1 atom stereocenters. The summed E-state index contributed by atoms with van der Waals surface area (Å²) in [6.45, 7) is 9.36. The van der Waals surface area contributed by atoms with E-state index in [1.54, 1.807) is 0 Å². The number of likely N-dealkylation sites (tertiary alicyclic amines) is 1. The highest BCUT2D eigenvalue weighted by atomic mass is 32.1. The molecule has 0 amide bonds. The average Bonchev–Trinajstić information content (AvgIpc) is 3.21. The van der Waals surface area contributed by atoms with E-state index in [9.17, 15) is 5.11 Å². The minimum Gasteiger partial charge on any atom is -0.396 e. The molecule has 1 N–H and O–H groups in total. The Labute approximate surface area is 186 Å². The molecule has 0 aliphatic carbocycles. The van der Waals surface area contributed by atoms with Crippen LogP contribution >= 0.6 is 11.3 Å². The van der Waals surface area contributed by atoms with Crippen LogP contribution in [-0.4, -0.2) is 71.7 Å². The third-order valence-electron chi connectivity index (χ3n) is 6.61. The van der Waals surface area contributed by atoms with Gasteiger partial charge in [0, 0.05) is 61.7 Å². The lowest BCUT2D eigenvalue weighted by Crippen LogP contribution is -2.53. The lowest BCUT2D eigenvalue weighted by Gasteiger charge is -2.41. The Balaban J connectivity index is 1.27. The molecule has 0 saturated carbocycles. The summed E-state index contributed by atoms with van der Waals surface area (Å²) >= 11 is 2.00. The first kappa shape index (κ1) is 22.0. The number of benzene rings is 1. The summed E-state index contributed by atoms with van der Waals surface area (Å²) in [7, 11) is 0. The van der Waals surface area contributed by atoms with Crippen molar-refractivity contribution < 1.29 is 5.11 Å². The van der Waals surface area contributed by atoms with Gasteiger partial charge < -0.3 is 5.11 Å². The maximum atomic E-state index is 9.61. The van der Waals surface area contributed by atoms with Gasteiger partial charge in [-0.05, 0) is 56.5 Å². The van der Waals surface area contributed by atoms with Crippen molar-refractivity contribution in [3.8, 4) is 0 Å². The summed E-state index contributed by atoms with van der Waals surface area (Å²) in [4.78, 5) is 10.8. The van der Waals surface area contributed by atoms with Crippen molar-refractivity contribution in [1.82, 2.24) is 14.7 Å². The van der Waals surface area contributed by atoms with Crippen LogP contribution in [0, 0.1) is 0 Å². The number of piperazine rings is 1. The molecule has 2 saturated heterocycles. The summed E-state index contributed by atoms with van der Waals surface area (Å²) in [6, 6.07) is 15.9. The van der Waals surface area contributed by atoms with Crippen LogP contribution in [0.2, 0.25) is 0 Å². The lowest BCUT2D eigenvalue weighted by atomic mass is 10.1. The van der Waals surface area contributed by atoms with E-state index in [0.717, 1.165) is 52.1 Å². The molecule has 2 aliphatic rings. The molecule has 2 aliphatic heterocycles. The second-order valence-corrected chi connectivity index (χ2v) is 10.1. The molecular weight excluding hydrogens is 390 g/mol. The van der Waals surface area contributed by atoms with E-state index in [-0.39, 0.29) is 6.61 Å². The van der Waals surface area contributed by atoms with Crippen LogP contribution in [0.5, 0.6) is 0 Å². The molecule has 4 nitrogen and oxygen atoms in total. The molecular formula is C25H37N3OS. The zero-order valence-corrected chi connectivity index (χ0v) is 19.0. The fraction of sp³-hybridized carbons (Fsp3) is 0.600. The van der Waals surface area contributed by atoms with Gasteiger partial charge in [-0.15, -0.1) is 11.3 Å². The fourth-order valence-electron chi connectivity index (χ4n) is 4.89. The first-order chi connectivity index (χ1) is 14.8. The molecule has 1 aromatic carbocycles. The summed E-state index contributed by atoms with van der Waals surface area (Å²) in [5, 5.41) is 9.61. The summed E-state index contributed by atoms with van der Waals surface area (Å²) in [6.07, 6.45) is 6.08. The number of hydrogen-bond donors (Lipinski definition) is 1. The first-order valence-electron chi connectivity index (χ1n) is 11.7. The minimum absolute atomic E-state index is 0.277. The molecule has 0 bridgehead atoms. The zero-order valence-electron chi connectivity index (χ0n) is 18.2. The Morgan fingerprint density at radius 3 is 2.30 bits per heavy atom. The van der Waals surface area contributed by atoms with Gasteiger partial charge in [0.2, 0.25) is 0 Å². The SMILES string of the molecule is OCCC1CN(Cc2ccc(CN3CCCCC3)s2)CCN1CCc1ccccc1. The Morgan fingerprint density at radius 1 is 0.833 bits per heavy atom. The monoisotopic (exact) mass is 427 g/mol. The molecule has 2 fully saturated rings. The molecule has 4 rings (SSSR count). The zero-order chi connectivity index (χ0) is 20.6. The van der Waals surface area contributed by atoms with Gasteiger partial charge in [-0.3, -0.25) is 14.7 Å². The normalized spacial score (nSPS) is 21.8. The predicted octanol–water partition coefficient (Wildman–Crippen LogP) is 3.85. The Hall–Kier alpha value is -1.24. The van der Waals surface area contributed by atoms with Crippen LogP contribution in [0.25, 0.3) is 0 Å². The van der Waals surface area contributed by atoms with Crippen LogP contribution in [0.1, 0.15) is 41.0 Å². The molecule has 5 heteroatoms. The van der Waals surface area contributed by atoms with Gasteiger partial charge in [0.15, 0.2) is 0 Å². The maximum absolute atomic E-state index is 9.61. The largest absolute Gasteiger partial charge is 0.396 e. The van der Waals surface area contributed by atoms with Crippen LogP contribution in [0.15, 0.2) is 42.5 Å². The molecule has 0 spiro atoms. The maximum Gasteiger partial charge on any atom is 0.0446 e. The van der Waals surface area contributed by atoms with Gasteiger partial charge in [-0.25, -0.2) is 0 Å². The van der Waals surface area contributed by atoms with Gasteiger partial charge in [-0.2, -0.15) is 0 Å². The number of nitrogens with zero attached hydrogens (tertiary/aromatic N) is 3. The highest BCUT2D eigenvalue weighted by Gasteiger charge is 2.26. The molecule has 164 valence electrons. The number of thiophene rings is 1. The van der Waals surface area contributed by atoms with Crippen LogP contribution in [-0.2, 0) is 19.5 Å². The molecule has 1 unspecified atom stereocenters. The van der Waals surface area contributed by atoms with Crippen molar-refractivity contribution in [3.05, 3.63) is 57.8 Å². The van der Waals surface area contributed by atoms with Crippen molar-refractivity contribution in [2.75, 3.05) is 45.9 Å². The molecule has 30 heavy (non-hydrogen) atoms. The topological polar surface area (TPSA) is 30.0 Å². The number of hydrogen-bond acceptors (Lipinski definition) is 5. The van der Waals surface area contributed by atoms with Gasteiger partial charge >= 0.3 is 0 Å². The van der Waals surface area contributed by atoms with E-state index in [1.165, 1.54) is 47.7 Å². The van der Waals surface area contributed by atoms with Gasteiger partial charge in [0.25, 0.3) is 0 Å². The summed E-state index contributed by atoms with van der Waals surface area (Å²) in [5.74, 6) is 0. The molecule has 0 radical (unpaired) electrons. The van der Waals surface area contributed by atoms with Crippen molar-refractivity contribution in [1.29, 1.82) is 0 Å². The van der Waals surface area contributed by atoms with Crippen LogP contribution in [0.4, 0.5) is 0 Å². The minimum atomic E-state index is 0.277. The van der Waals surface area contributed by atoms with Gasteiger partial charge in [0.1, 0.15) is 0 Å². The highest BCUT2D eigenvalue weighted by molar-refractivity contribution is 7.11. The second-order valence-electron chi connectivity index (χ2n) is 8.88. The number of aliphatic hydroxyl groups is 1. The van der Waals surface area contributed by atoms with E-state index in [2.05, 4.69) is 57.2 Å². The summed E-state index contributed by atoms with van der Waals surface area (Å²) in [5.41, 5.74) is 1.41. The predicted molar refractivity (Wildman–Crippen MR) is 126 cm³/mol. The average molecular weight is 428 g/mol. The van der Waals surface area contributed by atoms with Crippen LogP contribution in [0.3, 0.4) is 0 Å². The third-order valence-corrected chi connectivity index (χ3v) is 7.66. The quantitative estimate of drug-likeness (QED) is 0.658.